The first-order valence-electron chi connectivity index (χ1n) is 8.46. The van der Waals surface area contributed by atoms with Gasteiger partial charge in [-0.05, 0) is 56.3 Å². The Morgan fingerprint density at radius 3 is 2.77 bits per heavy atom. The fourth-order valence-corrected chi connectivity index (χ4v) is 4.30. The molecule has 26 heavy (non-hydrogen) atoms. The lowest BCUT2D eigenvalue weighted by atomic mass is 10.1. The van der Waals surface area contributed by atoms with Crippen LogP contribution in [0.1, 0.15) is 28.6 Å². The number of amides is 1. The van der Waals surface area contributed by atoms with Gasteiger partial charge < -0.3 is 10.1 Å². The van der Waals surface area contributed by atoms with Gasteiger partial charge in [-0.3, -0.25) is 4.79 Å². The topological polar surface area (TPSA) is 51.2 Å². The number of nitrogens with zero attached hydrogens (tertiary/aromatic N) is 1. The van der Waals surface area contributed by atoms with Crippen molar-refractivity contribution in [2.24, 2.45) is 0 Å². The predicted molar refractivity (Wildman–Crippen MR) is 108 cm³/mol. The molecule has 4 nitrogen and oxygen atoms in total. The number of rotatable bonds is 6. The van der Waals surface area contributed by atoms with Crippen LogP contribution in [-0.4, -0.2) is 17.0 Å². The number of hydrogen-bond acceptors (Lipinski definition) is 5. The van der Waals surface area contributed by atoms with Crippen molar-refractivity contribution < 1.29 is 9.53 Å². The quantitative estimate of drug-likeness (QED) is 0.657. The van der Waals surface area contributed by atoms with Crippen molar-refractivity contribution in [1.29, 1.82) is 0 Å². The van der Waals surface area contributed by atoms with E-state index in [4.69, 9.17) is 4.74 Å². The summed E-state index contributed by atoms with van der Waals surface area (Å²) >= 11 is 3.29. The maximum atomic E-state index is 12.4. The lowest BCUT2D eigenvalue weighted by Gasteiger charge is -2.17. The molecule has 0 aliphatic heterocycles. The molecule has 3 rings (SSSR count). The van der Waals surface area contributed by atoms with E-state index in [9.17, 15) is 4.79 Å². The molecular weight excluding hydrogens is 364 g/mol. The number of benzene rings is 1. The van der Waals surface area contributed by atoms with Gasteiger partial charge in [0.2, 0.25) is 0 Å². The van der Waals surface area contributed by atoms with Crippen LogP contribution in [0.3, 0.4) is 0 Å². The molecule has 1 N–H and O–H groups in total. The molecule has 2 aromatic heterocycles. The normalized spacial score (nSPS) is 12.0. The Morgan fingerprint density at radius 1 is 1.23 bits per heavy atom. The monoisotopic (exact) mass is 386 g/mol. The molecule has 0 saturated heterocycles. The molecule has 0 aliphatic carbocycles. The van der Waals surface area contributed by atoms with Crippen LogP contribution in [-0.2, 0) is 11.3 Å². The van der Waals surface area contributed by atoms with Crippen molar-refractivity contribution in [3.8, 4) is 15.6 Å². The van der Waals surface area contributed by atoms with Gasteiger partial charge in [0.25, 0.3) is 5.91 Å². The second-order valence-electron chi connectivity index (χ2n) is 6.18. The second-order valence-corrected chi connectivity index (χ2v) is 8.21. The number of nitrogens with one attached hydrogen (secondary N) is 1. The summed E-state index contributed by atoms with van der Waals surface area (Å²) < 4.78 is 5.85. The van der Waals surface area contributed by atoms with E-state index in [1.807, 2.05) is 50.4 Å². The summed E-state index contributed by atoms with van der Waals surface area (Å²) in [5.74, 6) is 0.623. The van der Waals surface area contributed by atoms with E-state index in [0.717, 1.165) is 37.3 Å². The highest BCUT2D eigenvalue weighted by molar-refractivity contribution is 7.21. The molecule has 136 valence electrons. The molecule has 1 aromatic carbocycles. The molecule has 2 heterocycles. The van der Waals surface area contributed by atoms with E-state index in [1.165, 1.54) is 0 Å². The summed E-state index contributed by atoms with van der Waals surface area (Å²) in [5, 5.41) is 6.01. The molecule has 6 heteroatoms. The van der Waals surface area contributed by atoms with Crippen LogP contribution in [0, 0.1) is 20.8 Å². The molecule has 1 unspecified atom stereocenters. The van der Waals surface area contributed by atoms with Gasteiger partial charge in [-0.15, -0.1) is 22.7 Å². The third kappa shape index (κ3) is 4.14. The maximum absolute atomic E-state index is 12.4. The van der Waals surface area contributed by atoms with E-state index in [0.29, 0.717) is 6.54 Å². The fraction of sp³-hybridized carbons (Fsp3) is 0.300. The van der Waals surface area contributed by atoms with E-state index < -0.39 is 6.10 Å². The van der Waals surface area contributed by atoms with E-state index in [-0.39, 0.29) is 5.91 Å². The summed E-state index contributed by atoms with van der Waals surface area (Å²) in [4.78, 5) is 19.3. The number of ether oxygens (including phenoxy) is 1. The Balaban J connectivity index is 1.61. The van der Waals surface area contributed by atoms with E-state index >= 15 is 0 Å². The van der Waals surface area contributed by atoms with Gasteiger partial charge in [0.05, 0.1) is 17.1 Å². The standard InChI is InChI=1S/C20H22N2O2S2/c1-12-7-5-8-16(13(12)2)24-15(4)19(23)21-11-18-14(3)22-20(26-18)17-9-6-10-25-17/h5-10,15H,11H2,1-4H3,(H,21,23). The molecule has 0 saturated carbocycles. The average Bonchev–Trinajstić information content (AvgIpc) is 3.26. The van der Waals surface area contributed by atoms with Gasteiger partial charge >= 0.3 is 0 Å². The van der Waals surface area contributed by atoms with Gasteiger partial charge in [0, 0.05) is 4.88 Å². The van der Waals surface area contributed by atoms with Crippen molar-refractivity contribution in [1.82, 2.24) is 10.3 Å². The number of carbonyl (C=O) groups is 1. The largest absolute Gasteiger partial charge is 0.481 e. The highest BCUT2D eigenvalue weighted by Crippen LogP contribution is 2.31. The molecule has 0 spiro atoms. The van der Waals surface area contributed by atoms with Crippen LogP contribution in [0.4, 0.5) is 0 Å². The summed E-state index contributed by atoms with van der Waals surface area (Å²) in [5.41, 5.74) is 3.17. The third-order valence-corrected chi connectivity index (χ3v) is 6.47. The zero-order chi connectivity index (χ0) is 18.7. The molecule has 3 aromatic rings. The summed E-state index contributed by atoms with van der Waals surface area (Å²) in [6, 6.07) is 9.95. The zero-order valence-corrected chi connectivity index (χ0v) is 17.0. The van der Waals surface area contributed by atoms with Crippen molar-refractivity contribution in [3.05, 3.63) is 57.4 Å². The lowest BCUT2D eigenvalue weighted by Crippen LogP contribution is -2.36. The van der Waals surface area contributed by atoms with Gasteiger partial charge in [-0.2, -0.15) is 0 Å². The van der Waals surface area contributed by atoms with Crippen LogP contribution in [0.15, 0.2) is 35.7 Å². The van der Waals surface area contributed by atoms with Crippen molar-refractivity contribution >= 4 is 28.6 Å². The van der Waals surface area contributed by atoms with Crippen LogP contribution >= 0.6 is 22.7 Å². The highest BCUT2D eigenvalue weighted by Gasteiger charge is 2.17. The Bertz CT molecular complexity index is 901. The number of thiophene rings is 1. The van der Waals surface area contributed by atoms with Gasteiger partial charge in [0.1, 0.15) is 10.8 Å². The number of aryl methyl sites for hydroxylation is 2. The first-order chi connectivity index (χ1) is 12.5. The molecular formula is C20H22N2O2S2. The average molecular weight is 387 g/mol. The SMILES string of the molecule is Cc1cccc(OC(C)C(=O)NCc2sc(-c3cccs3)nc2C)c1C. The molecule has 0 radical (unpaired) electrons. The van der Waals surface area contributed by atoms with Crippen LogP contribution in [0.25, 0.3) is 9.88 Å². The Hall–Kier alpha value is -2.18. The molecule has 0 fully saturated rings. The number of aromatic nitrogens is 1. The number of hydrogen-bond donors (Lipinski definition) is 1. The minimum Gasteiger partial charge on any atom is -0.481 e. The summed E-state index contributed by atoms with van der Waals surface area (Å²) in [6.45, 7) is 8.25. The summed E-state index contributed by atoms with van der Waals surface area (Å²) in [6.07, 6.45) is -0.555. The molecule has 0 aliphatic rings. The van der Waals surface area contributed by atoms with Crippen molar-refractivity contribution in [2.45, 2.75) is 40.3 Å². The van der Waals surface area contributed by atoms with E-state index in [1.54, 1.807) is 29.6 Å². The molecule has 1 amide bonds. The fourth-order valence-electron chi connectivity index (χ4n) is 2.50. The molecule has 0 bridgehead atoms. The minimum absolute atomic E-state index is 0.128. The third-order valence-electron chi connectivity index (χ3n) is 4.28. The number of carbonyl (C=O) groups excluding carboxylic acids is 1. The predicted octanol–water partition coefficient (Wildman–Crippen LogP) is 4.88. The first kappa shape index (κ1) is 18.6. The van der Waals surface area contributed by atoms with Crippen LogP contribution in [0.2, 0.25) is 0 Å². The van der Waals surface area contributed by atoms with Gasteiger partial charge in [0.15, 0.2) is 6.10 Å². The Kier molecular flexibility index (Phi) is 5.74. The van der Waals surface area contributed by atoms with Gasteiger partial charge in [-0.25, -0.2) is 4.98 Å². The number of thiazole rings is 1. The Labute approximate surface area is 161 Å². The van der Waals surface area contributed by atoms with Crippen molar-refractivity contribution in [2.75, 3.05) is 0 Å². The van der Waals surface area contributed by atoms with Crippen LogP contribution < -0.4 is 10.1 Å². The Morgan fingerprint density at radius 2 is 2.04 bits per heavy atom. The maximum Gasteiger partial charge on any atom is 0.261 e. The zero-order valence-electron chi connectivity index (χ0n) is 15.3. The van der Waals surface area contributed by atoms with Crippen molar-refractivity contribution in [3.63, 3.8) is 0 Å². The minimum atomic E-state index is -0.555. The smallest absolute Gasteiger partial charge is 0.261 e. The second kappa shape index (κ2) is 8.01. The molecule has 1 atom stereocenters. The summed E-state index contributed by atoms with van der Waals surface area (Å²) in [7, 11) is 0. The first-order valence-corrected chi connectivity index (χ1v) is 10.2. The highest BCUT2D eigenvalue weighted by atomic mass is 32.1. The van der Waals surface area contributed by atoms with Gasteiger partial charge in [-0.1, -0.05) is 18.2 Å². The van der Waals surface area contributed by atoms with E-state index in [2.05, 4.69) is 16.4 Å². The van der Waals surface area contributed by atoms with Crippen LogP contribution in [0.5, 0.6) is 5.75 Å². The lowest BCUT2D eigenvalue weighted by molar-refractivity contribution is -0.127.